The van der Waals surface area contributed by atoms with Crippen LogP contribution in [0.1, 0.15) is 30.8 Å². The molecule has 0 aliphatic carbocycles. The highest BCUT2D eigenvalue weighted by Gasteiger charge is 2.09. The first-order chi connectivity index (χ1) is 10.1. The number of rotatable bonds is 6. The van der Waals surface area contributed by atoms with E-state index in [-0.39, 0.29) is 5.91 Å². The van der Waals surface area contributed by atoms with Crippen LogP contribution < -0.4 is 10.6 Å². The summed E-state index contributed by atoms with van der Waals surface area (Å²) in [6, 6.07) is 11.0. The number of anilines is 2. The summed E-state index contributed by atoms with van der Waals surface area (Å²) < 4.78 is 0. The summed E-state index contributed by atoms with van der Waals surface area (Å²) in [5.74, 6) is 1.06. The third-order valence-electron chi connectivity index (χ3n) is 2.96. The number of nitrogens with one attached hydrogen (secondary N) is 2. The van der Waals surface area contributed by atoms with Crippen molar-refractivity contribution < 1.29 is 4.79 Å². The third-order valence-corrected chi connectivity index (χ3v) is 2.96. The van der Waals surface area contributed by atoms with E-state index in [1.54, 1.807) is 6.07 Å². The molecule has 0 spiro atoms. The molecular formula is C16H20N4O. The molecule has 0 unspecified atom stereocenters. The van der Waals surface area contributed by atoms with Gasteiger partial charge in [-0.1, -0.05) is 32.0 Å². The molecule has 2 aromatic rings. The Kier molecular flexibility index (Phi) is 5.26. The van der Waals surface area contributed by atoms with Gasteiger partial charge in [-0.3, -0.25) is 4.79 Å². The second kappa shape index (κ2) is 7.38. The lowest BCUT2D eigenvalue weighted by atomic mass is 10.1. The van der Waals surface area contributed by atoms with E-state index >= 15 is 0 Å². The normalized spacial score (nSPS) is 10.4. The Morgan fingerprint density at radius 2 is 1.95 bits per heavy atom. The van der Waals surface area contributed by atoms with Crippen molar-refractivity contribution in [2.24, 2.45) is 5.92 Å². The Labute approximate surface area is 124 Å². The quantitative estimate of drug-likeness (QED) is 0.855. The molecule has 0 saturated carbocycles. The molecule has 2 N–H and O–H groups in total. The average molecular weight is 284 g/mol. The summed E-state index contributed by atoms with van der Waals surface area (Å²) in [5, 5.41) is 6.01. The van der Waals surface area contributed by atoms with Crippen molar-refractivity contribution in [3.63, 3.8) is 0 Å². The van der Waals surface area contributed by atoms with Gasteiger partial charge in [0.25, 0.3) is 5.91 Å². The smallest absolute Gasteiger partial charge is 0.274 e. The van der Waals surface area contributed by atoms with Gasteiger partial charge in [0.15, 0.2) is 0 Å². The fraction of sp³-hybridized carbons (Fsp3) is 0.312. The zero-order valence-corrected chi connectivity index (χ0v) is 12.3. The van der Waals surface area contributed by atoms with E-state index in [0.29, 0.717) is 17.4 Å². The van der Waals surface area contributed by atoms with Crippen LogP contribution in [0.4, 0.5) is 11.5 Å². The van der Waals surface area contributed by atoms with Crippen LogP contribution in [-0.4, -0.2) is 22.4 Å². The fourth-order valence-corrected chi connectivity index (χ4v) is 1.78. The molecule has 5 nitrogen and oxygen atoms in total. The summed E-state index contributed by atoms with van der Waals surface area (Å²) in [5.41, 5.74) is 1.09. The Bertz CT molecular complexity index is 584. The largest absolute Gasteiger partial charge is 0.370 e. The SMILES string of the molecule is CC(C)CCNc1cc(C(=O)Nc2ccccc2)ncn1. The second-order valence-electron chi connectivity index (χ2n) is 5.22. The van der Waals surface area contributed by atoms with Gasteiger partial charge in [0.05, 0.1) is 0 Å². The van der Waals surface area contributed by atoms with Crippen molar-refractivity contribution in [3.05, 3.63) is 48.4 Å². The maximum Gasteiger partial charge on any atom is 0.274 e. The highest BCUT2D eigenvalue weighted by Crippen LogP contribution is 2.10. The Morgan fingerprint density at radius 1 is 1.19 bits per heavy atom. The van der Waals surface area contributed by atoms with Gasteiger partial charge in [0.1, 0.15) is 17.8 Å². The maximum absolute atomic E-state index is 12.1. The van der Waals surface area contributed by atoms with Crippen molar-refractivity contribution in [1.82, 2.24) is 9.97 Å². The van der Waals surface area contributed by atoms with Crippen LogP contribution in [0.25, 0.3) is 0 Å². The molecule has 2 rings (SSSR count). The van der Waals surface area contributed by atoms with Gasteiger partial charge in [0.2, 0.25) is 0 Å². The second-order valence-corrected chi connectivity index (χ2v) is 5.22. The van der Waals surface area contributed by atoms with Gasteiger partial charge in [-0.2, -0.15) is 0 Å². The lowest BCUT2D eigenvalue weighted by molar-refractivity contribution is 0.102. The number of amides is 1. The number of carbonyl (C=O) groups is 1. The van der Waals surface area contributed by atoms with Gasteiger partial charge in [0, 0.05) is 18.3 Å². The number of benzene rings is 1. The Balaban J connectivity index is 1.98. The van der Waals surface area contributed by atoms with Crippen LogP contribution in [0.2, 0.25) is 0 Å². The predicted octanol–water partition coefficient (Wildman–Crippen LogP) is 3.19. The standard InChI is InChI=1S/C16H20N4O/c1-12(2)8-9-17-15-10-14(18-11-19-15)16(21)20-13-6-4-3-5-7-13/h3-7,10-12H,8-9H2,1-2H3,(H,20,21)(H,17,18,19). The fourth-order valence-electron chi connectivity index (χ4n) is 1.78. The van der Waals surface area contributed by atoms with Crippen molar-refractivity contribution >= 4 is 17.4 Å². The summed E-state index contributed by atoms with van der Waals surface area (Å²) in [6.45, 7) is 5.16. The molecule has 1 amide bonds. The molecule has 5 heteroatoms. The average Bonchev–Trinajstić information content (AvgIpc) is 2.48. The van der Waals surface area contributed by atoms with Gasteiger partial charge >= 0.3 is 0 Å². The first kappa shape index (κ1) is 15.0. The molecule has 0 bridgehead atoms. The van der Waals surface area contributed by atoms with E-state index in [0.717, 1.165) is 18.7 Å². The molecule has 0 radical (unpaired) electrons. The monoisotopic (exact) mass is 284 g/mol. The summed E-state index contributed by atoms with van der Waals surface area (Å²) in [7, 11) is 0. The summed E-state index contributed by atoms with van der Waals surface area (Å²) in [4.78, 5) is 20.3. The van der Waals surface area contributed by atoms with Crippen LogP contribution in [0.3, 0.4) is 0 Å². The number of hydrogen-bond donors (Lipinski definition) is 2. The molecule has 21 heavy (non-hydrogen) atoms. The van der Waals surface area contributed by atoms with E-state index in [1.807, 2.05) is 30.3 Å². The molecule has 1 aromatic carbocycles. The van der Waals surface area contributed by atoms with E-state index in [4.69, 9.17) is 0 Å². The predicted molar refractivity (Wildman–Crippen MR) is 84.4 cm³/mol. The molecular weight excluding hydrogens is 264 g/mol. The highest BCUT2D eigenvalue weighted by atomic mass is 16.1. The number of nitrogens with zero attached hydrogens (tertiary/aromatic N) is 2. The van der Waals surface area contributed by atoms with E-state index in [1.165, 1.54) is 6.33 Å². The van der Waals surface area contributed by atoms with Crippen molar-refractivity contribution in [2.75, 3.05) is 17.2 Å². The lowest BCUT2D eigenvalue weighted by Gasteiger charge is -2.08. The van der Waals surface area contributed by atoms with Crippen LogP contribution in [-0.2, 0) is 0 Å². The van der Waals surface area contributed by atoms with Crippen molar-refractivity contribution in [2.45, 2.75) is 20.3 Å². The number of aromatic nitrogens is 2. The molecule has 1 aromatic heterocycles. The van der Waals surface area contributed by atoms with E-state index in [9.17, 15) is 4.79 Å². The minimum absolute atomic E-state index is 0.240. The molecule has 1 heterocycles. The molecule has 0 aliphatic rings. The van der Waals surface area contributed by atoms with Gasteiger partial charge in [-0.15, -0.1) is 0 Å². The molecule has 0 fully saturated rings. The minimum Gasteiger partial charge on any atom is -0.370 e. The van der Waals surface area contributed by atoms with Gasteiger partial charge in [-0.05, 0) is 24.5 Å². The van der Waals surface area contributed by atoms with Gasteiger partial charge in [-0.25, -0.2) is 9.97 Å². The van der Waals surface area contributed by atoms with E-state index < -0.39 is 0 Å². The van der Waals surface area contributed by atoms with Gasteiger partial charge < -0.3 is 10.6 Å². The topological polar surface area (TPSA) is 66.9 Å². The number of hydrogen-bond acceptors (Lipinski definition) is 4. The van der Waals surface area contributed by atoms with Crippen LogP contribution in [0.15, 0.2) is 42.7 Å². The molecule has 110 valence electrons. The number of para-hydroxylation sites is 1. The lowest BCUT2D eigenvalue weighted by Crippen LogP contribution is -2.15. The Morgan fingerprint density at radius 3 is 2.67 bits per heavy atom. The number of carbonyl (C=O) groups excluding carboxylic acids is 1. The summed E-state index contributed by atoms with van der Waals surface area (Å²) in [6.07, 6.45) is 2.45. The molecule has 0 atom stereocenters. The van der Waals surface area contributed by atoms with E-state index in [2.05, 4.69) is 34.4 Å². The zero-order valence-electron chi connectivity index (χ0n) is 12.3. The highest BCUT2D eigenvalue weighted by molar-refractivity contribution is 6.03. The summed E-state index contributed by atoms with van der Waals surface area (Å²) >= 11 is 0. The first-order valence-electron chi connectivity index (χ1n) is 7.07. The minimum atomic E-state index is -0.240. The molecule has 0 saturated heterocycles. The maximum atomic E-state index is 12.1. The van der Waals surface area contributed by atoms with Crippen molar-refractivity contribution in [3.8, 4) is 0 Å². The van der Waals surface area contributed by atoms with Crippen LogP contribution in [0, 0.1) is 5.92 Å². The third kappa shape index (κ3) is 4.87. The van der Waals surface area contributed by atoms with Crippen LogP contribution in [0.5, 0.6) is 0 Å². The zero-order chi connectivity index (χ0) is 15.1. The van der Waals surface area contributed by atoms with Crippen LogP contribution >= 0.6 is 0 Å². The molecule has 0 aliphatic heterocycles. The Hall–Kier alpha value is -2.43. The van der Waals surface area contributed by atoms with Crippen molar-refractivity contribution in [1.29, 1.82) is 0 Å². The first-order valence-corrected chi connectivity index (χ1v) is 7.07.